The van der Waals surface area contributed by atoms with Crippen molar-refractivity contribution in [2.75, 3.05) is 19.0 Å². The molecule has 0 saturated heterocycles. The van der Waals surface area contributed by atoms with Crippen molar-refractivity contribution >= 4 is 53.4 Å². The zero-order valence-corrected chi connectivity index (χ0v) is 16.2. The maximum Gasteiger partial charge on any atom is 0.271 e. The number of aromatic nitrogens is 3. The zero-order chi connectivity index (χ0) is 16.8. The minimum atomic E-state index is 0.0794. The lowest BCUT2D eigenvalue weighted by Crippen LogP contribution is -2.26. The van der Waals surface area contributed by atoms with Gasteiger partial charge in [-0.3, -0.25) is 9.36 Å². The summed E-state index contributed by atoms with van der Waals surface area (Å²) >= 11 is 5.03. The Hall–Kier alpha value is -1.47. The average Bonchev–Trinajstić information content (AvgIpc) is 2.95. The standard InChI is InChI=1S/C17H19BrN4OS/c1-21(2)14-11(18)8-19-16-12(14)13-15(24-16)17(23)22(9-20-13)10-6-4-3-5-7-10/h8-10H,3-7H2,1-2H3. The summed E-state index contributed by atoms with van der Waals surface area (Å²) in [5, 5.41) is 0.960. The Morgan fingerprint density at radius 1 is 1.25 bits per heavy atom. The molecule has 1 aliphatic rings. The van der Waals surface area contributed by atoms with Crippen LogP contribution in [-0.4, -0.2) is 28.6 Å². The molecule has 0 aliphatic heterocycles. The van der Waals surface area contributed by atoms with E-state index in [4.69, 9.17) is 0 Å². The largest absolute Gasteiger partial charge is 0.376 e. The van der Waals surface area contributed by atoms with Crippen LogP contribution in [0, 0.1) is 0 Å². The molecule has 4 rings (SSSR count). The molecule has 0 amide bonds. The van der Waals surface area contributed by atoms with Crippen LogP contribution >= 0.6 is 27.3 Å². The van der Waals surface area contributed by atoms with E-state index < -0.39 is 0 Å². The highest BCUT2D eigenvalue weighted by molar-refractivity contribution is 9.10. The molecule has 0 N–H and O–H groups in total. The molecule has 0 bridgehead atoms. The summed E-state index contributed by atoms with van der Waals surface area (Å²) in [5.74, 6) is 0. The van der Waals surface area contributed by atoms with Gasteiger partial charge in [-0.25, -0.2) is 9.97 Å². The fraction of sp³-hybridized carbons (Fsp3) is 0.471. The normalized spacial score (nSPS) is 16.1. The topological polar surface area (TPSA) is 51.0 Å². The van der Waals surface area contributed by atoms with Gasteiger partial charge in [0.15, 0.2) is 0 Å². The predicted octanol–water partition coefficient (Wildman–Crippen LogP) is 4.34. The second-order valence-corrected chi connectivity index (χ2v) is 8.41. The summed E-state index contributed by atoms with van der Waals surface area (Å²) in [4.78, 5) is 25.1. The molecular weight excluding hydrogens is 388 g/mol. The van der Waals surface area contributed by atoms with Gasteiger partial charge in [-0.1, -0.05) is 19.3 Å². The molecule has 126 valence electrons. The average molecular weight is 407 g/mol. The van der Waals surface area contributed by atoms with Crippen molar-refractivity contribution in [1.29, 1.82) is 0 Å². The van der Waals surface area contributed by atoms with E-state index in [1.54, 1.807) is 12.5 Å². The Morgan fingerprint density at radius 2 is 2.00 bits per heavy atom. The number of pyridine rings is 1. The lowest BCUT2D eigenvalue weighted by Gasteiger charge is -2.23. The number of halogens is 1. The first-order valence-corrected chi connectivity index (χ1v) is 9.84. The molecule has 7 heteroatoms. The van der Waals surface area contributed by atoms with Crippen LogP contribution in [0.3, 0.4) is 0 Å². The fourth-order valence-corrected chi connectivity index (χ4v) is 5.32. The van der Waals surface area contributed by atoms with Gasteiger partial charge in [0.2, 0.25) is 0 Å². The Balaban J connectivity index is 1.99. The van der Waals surface area contributed by atoms with Crippen molar-refractivity contribution in [3.8, 4) is 0 Å². The molecule has 0 atom stereocenters. The van der Waals surface area contributed by atoms with Gasteiger partial charge in [0.25, 0.3) is 5.56 Å². The molecule has 0 radical (unpaired) electrons. The maximum absolute atomic E-state index is 13.0. The maximum atomic E-state index is 13.0. The van der Waals surface area contributed by atoms with Crippen molar-refractivity contribution < 1.29 is 0 Å². The summed E-state index contributed by atoms with van der Waals surface area (Å²) in [6.07, 6.45) is 9.35. The van der Waals surface area contributed by atoms with Crippen LogP contribution in [0.1, 0.15) is 38.1 Å². The summed E-state index contributed by atoms with van der Waals surface area (Å²) in [6.45, 7) is 0. The van der Waals surface area contributed by atoms with Crippen molar-refractivity contribution in [3.05, 3.63) is 27.4 Å². The van der Waals surface area contributed by atoms with Crippen molar-refractivity contribution in [2.24, 2.45) is 0 Å². The smallest absolute Gasteiger partial charge is 0.271 e. The monoisotopic (exact) mass is 406 g/mol. The number of hydrogen-bond donors (Lipinski definition) is 0. The molecule has 0 unspecified atom stereocenters. The van der Waals surface area contributed by atoms with E-state index >= 15 is 0 Å². The van der Waals surface area contributed by atoms with E-state index in [0.717, 1.165) is 38.7 Å². The summed E-state index contributed by atoms with van der Waals surface area (Å²) < 4.78 is 3.48. The fourth-order valence-electron chi connectivity index (χ4n) is 3.63. The Bertz CT molecular complexity index is 972. The third kappa shape index (κ3) is 2.45. The first-order chi connectivity index (χ1) is 11.6. The van der Waals surface area contributed by atoms with Crippen LogP contribution in [0.5, 0.6) is 0 Å². The van der Waals surface area contributed by atoms with E-state index in [2.05, 4.69) is 25.9 Å². The van der Waals surface area contributed by atoms with Crippen LogP contribution in [0.15, 0.2) is 21.8 Å². The molecule has 1 saturated carbocycles. The van der Waals surface area contributed by atoms with Gasteiger partial charge in [-0.05, 0) is 28.8 Å². The van der Waals surface area contributed by atoms with Crippen LogP contribution in [0.25, 0.3) is 20.4 Å². The van der Waals surface area contributed by atoms with Gasteiger partial charge in [0.1, 0.15) is 15.0 Å². The number of thiophene rings is 1. The lowest BCUT2D eigenvalue weighted by atomic mass is 9.95. The molecule has 0 aromatic carbocycles. The second-order valence-electron chi connectivity index (χ2n) is 6.56. The molecule has 0 spiro atoms. The van der Waals surface area contributed by atoms with Gasteiger partial charge < -0.3 is 4.90 Å². The molecule has 1 fully saturated rings. The van der Waals surface area contributed by atoms with Crippen molar-refractivity contribution in [3.63, 3.8) is 0 Å². The molecule has 1 aliphatic carbocycles. The minimum absolute atomic E-state index is 0.0794. The summed E-state index contributed by atoms with van der Waals surface area (Å²) in [7, 11) is 3.98. The van der Waals surface area contributed by atoms with E-state index in [-0.39, 0.29) is 5.56 Å². The number of anilines is 1. The Labute approximate surface area is 152 Å². The van der Waals surface area contributed by atoms with Gasteiger partial charge in [-0.15, -0.1) is 11.3 Å². The molecule has 5 nitrogen and oxygen atoms in total. The highest BCUT2D eigenvalue weighted by atomic mass is 79.9. The molecule has 3 aromatic rings. The second kappa shape index (κ2) is 6.11. The quantitative estimate of drug-likeness (QED) is 0.634. The highest BCUT2D eigenvalue weighted by Crippen LogP contribution is 2.39. The van der Waals surface area contributed by atoms with Gasteiger partial charge in [-0.2, -0.15) is 0 Å². The van der Waals surface area contributed by atoms with E-state index in [1.165, 1.54) is 30.6 Å². The summed E-state index contributed by atoms with van der Waals surface area (Å²) in [5.41, 5.74) is 1.87. The van der Waals surface area contributed by atoms with Crippen molar-refractivity contribution in [2.45, 2.75) is 38.1 Å². The lowest BCUT2D eigenvalue weighted by molar-refractivity contribution is 0.345. The number of rotatable bonds is 2. The molecule has 24 heavy (non-hydrogen) atoms. The van der Waals surface area contributed by atoms with Crippen LogP contribution in [0.4, 0.5) is 5.69 Å². The van der Waals surface area contributed by atoms with Gasteiger partial charge in [0, 0.05) is 26.3 Å². The third-order valence-corrected chi connectivity index (χ3v) is 6.43. The van der Waals surface area contributed by atoms with Crippen molar-refractivity contribution in [1.82, 2.24) is 14.5 Å². The van der Waals surface area contributed by atoms with Crippen LogP contribution < -0.4 is 10.5 Å². The molecule has 3 heterocycles. The Kier molecular flexibility index (Phi) is 4.08. The SMILES string of the molecule is CN(C)c1c(Br)cnc2sc3c(=O)n(C4CCCCC4)cnc3c12. The Morgan fingerprint density at radius 3 is 2.71 bits per heavy atom. The molecular formula is C17H19BrN4OS. The number of hydrogen-bond acceptors (Lipinski definition) is 5. The zero-order valence-electron chi connectivity index (χ0n) is 13.8. The number of fused-ring (bicyclic) bond motifs is 3. The van der Waals surface area contributed by atoms with E-state index in [0.29, 0.717) is 10.7 Å². The predicted molar refractivity (Wildman–Crippen MR) is 103 cm³/mol. The van der Waals surface area contributed by atoms with Gasteiger partial charge >= 0.3 is 0 Å². The first kappa shape index (κ1) is 16.0. The van der Waals surface area contributed by atoms with E-state index in [1.807, 2.05) is 23.6 Å². The molecule has 3 aromatic heterocycles. The third-order valence-electron chi connectivity index (χ3n) is 4.78. The highest BCUT2D eigenvalue weighted by Gasteiger charge is 2.22. The first-order valence-electron chi connectivity index (χ1n) is 8.23. The summed E-state index contributed by atoms with van der Waals surface area (Å²) in [6, 6.07) is 0.293. The van der Waals surface area contributed by atoms with Gasteiger partial charge in [0.05, 0.1) is 21.9 Å². The minimum Gasteiger partial charge on any atom is -0.376 e. The van der Waals surface area contributed by atoms with E-state index in [9.17, 15) is 4.79 Å². The number of nitrogens with zero attached hydrogens (tertiary/aromatic N) is 4. The van der Waals surface area contributed by atoms with Crippen LogP contribution in [0.2, 0.25) is 0 Å². The van der Waals surface area contributed by atoms with Crippen LogP contribution in [-0.2, 0) is 0 Å².